The maximum absolute atomic E-state index is 14.7. The molecule has 2 aliphatic rings. The first-order chi connectivity index (χ1) is 18.5. The van der Waals surface area contributed by atoms with Gasteiger partial charge in [-0.15, -0.1) is 0 Å². The van der Waals surface area contributed by atoms with E-state index >= 15 is 0 Å². The predicted molar refractivity (Wildman–Crippen MR) is 141 cm³/mol. The van der Waals surface area contributed by atoms with Crippen LogP contribution in [-0.2, 0) is 9.47 Å². The summed E-state index contributed by atoms with van der Waals surface area (Å²) in [6.07, 6.45) is 1.53. The molecular formula is C27H35FN6O2. The van der Waals surface area contributed by atoms with Crippen molar-refractivity contribution in [1.82, 2.24) is 15.0 Å². The van der Waals surface area contributed by atoms with Gasteiger partial charge >= 0.3 is 0 Å². The second-order valence-electron chi connectivity index (χ2n) is 9.88. The summed E-state index contributed by atoms with van der Waals surface area (Å²) in [5, 5.41) is 5.49. The quantitative estimate of drug-likeness (QED) is 0.504. The lowest BCUT2D eigenvalue weighted by Gasteiger charge is -2.47. The van der Waals surface area contributed by atoms with E-state index in [1.165, 1.54) is 5.56 Å². The molecule has 3 aromatic rings. The van der Waals surface area contributed by atoms with Crippen molar-refractivity contribution < 1.29 is 18.0 Å². The van der Waals surface area contributed by atoms with E-state index < -0.39 is 19.3 Å². The Balaban J connectivity index is 1.36. The van der Waals surface area contributed by atoms with Gasteiger partial charge in [-0.25, -0.2) is 14.4 Å². The number of nitrogens with zero attached hydrogens (tertiary/aromatic N) is 5. The number of rotatable bonds is 7. The van der Waals surface area contributed by atoms with Crippen molar-refractivity contribution in [3.05, 3.63) is 42.2 Å². The number of nitrogens with one attached hydrogen (secondary N) is 1. The lowest BCUT2D eigenvalue weighted by Crippen LogP contribution is -2.59. The molecule has 0 saturated carbocycles. The van der Waals surface area contributed by atoms with Gasteiger partial charge in [0.25, 0.3) is 0 Å². The van der Waals surface area contributed by atoms with Gasteiger partial charge in [0.2, 0.25) is 5.95 Å². The van der Waals surface area contributed by atoms with Gasteiger partial charge in [-0.3, -0.25) is 0 Å². The largest absolute Gasteiger partial charge is 0.378 e. The average Bonchev–Trinajstić information content (AvgIpc) is 2.88. The Kier molecular flexibility index (Phi) is 5.94. The zero-order valence-electron chi connectivity index (χ0n) is 24.1. The van der Waals surface area contributed by atoms with Crippen LogP contribution in [0.15, 0.2) is 36.7 Å². The second kappa shape index (κ2) is 10.1. The molecule has 8 nitrogen and oxygen atoms in total. The van der Waals surface area contributed by atoms with E-state index in [-0.39, 0.29) is 25.1 Å². The third kappa shape index (κ3) is 4.57. The van der Waals surface area contributed by atoms with Gasteiger partial charge in [0.1, 0.15) is 17.8 Å². The maximum Gasteiger partial charge on any atom is 0.227 e. The van der Waals surface area contributed by atoms with Crippen molar-refractivity contribution in [1.29, 1.82) is 0 Å². The summed E-state index contributed by atoms with van der Waals surface area (Å²) < 4.78 is 46.9. The molecule has 9 heteroatoms. The molecule has 0 bridgehead atoms. The molecule has 5 rings (SSSR count). The van der Waals surface area contributed by atoms with E-state index in [0.29, 0.717) is 30.0 Å². The molecule has 0 amide bonds. The normalized spacial score (nSPS) is 25.9. The fourth-order valence-electron chi connectivity index (χ4n) is 5.13. The minimum atomic E-state index is -2.62. The van der Waals surface area contributed by atoms with Crippen LogP contribution in [0.5, 0.6) is 0 Å². The number of hydrogen-bond acceptors (Lipinski definition) is 8. The van der Waals surface area contributed by atoms with Crippen molar-refractivity contribution in [2.75, 3.05) is 48.9 Å². The van der Waals surface area contributed by atoms with Crippen LogP contribution in [0.3, 0.4) is 0 Å². The number of benzene rings is 1. The smallest absolute Gasteiger partial charge is 0.227 e. The summed E-state index contributed by atoms with van der Waals surface area (Å²) in [5.41, 5.74) is 2.38. The average molecular weight is 498 g/mol. The van der Waals surface area contributed by atoms with Crippen LogP contribution in [0, 0.1) is 0 Å². The first-order valence-corrected chi connectivity index (χ1v) is 12.4. The monoisotopic (exact) mass is 497 g/mol. The van der Waals surface area contributed by atoms with Gasteiger partial charge in [-0.05, 0) is 48.4 Å². The van der Waals surface area contributed by atoms with E-state index in [9.17, 15) is 4.39 Å². The van der Waals surface area contributed by atoms with Crippen molar-refractivity contribution >= 4 is 34.0 Å². The van der Waals surface area contributed by atoms with Gasteiger partial charge in [-0.1, -0.05) is 19.9 Å². The third-order valence-corrected chi connectivity index (χ3v) is 7.37. The highest BCUT2D eigenvalue weighted by Crippen LogP contribution is 2.38. The van der Waals surface area contributed by atoms with Gasteiger partial charge in [0, 0.05) is 50.7 Å². The molecule has 4 heterocycles. The molecule has 0 aliphatic carbocycles. The zero-order chi connectivity index (χ0) is 27.9. The number of ether oxygens (including phenoxy) is 2. The third-order valence-electron chi connectivity index (χ3n) is 7.37. The molecule has 36 heavy (non-hydrogen) atoms. The number of fused-ring (bicyclic) bond motifs is 1. The first kappa shape index (κ1) is 21.1. The summed E-state index contributed by atoms with van der Waals surface area (Å²) in [6.45, 7) is 7.71. The van der Waals surface area contributed by atoms with E-state index in [2.05, 4.69) is 53.1 Å². The molecule has 2 saturated heterocycles. The van der Waals surface area contributed by atoms with Crippen LogP contribution in [0.25, 0.3) is 10.8 Å². The molecule has 2 aliphatic heterocycles. The fraction of sp³-hybridized carbons (Fsp3) is 0.519. The Morgan fingerprint density at radius 2 is 1.97 bits per heavy atom. The Morgan fingerprint density at radius 3 is 2.69 bits per heavy atom. The Labute approximate surface area is 216 Å². The molecular weight excluding hydrogens is 459 g/mol. The lowest BCUT2D eigenvalue weighted by molar-refractivity contribution is 0.0194. The highest BCUT2D eigenvalue weighted by Gasteiger charge is 2.36. The number of anilines is 4. The zero-order valence-corrected chi connectivity index (χ0v) is 21.1. The topological polar surface area (TPSA) is 75.6 Å². The predicted octanol–water partition coefficient (Wildman–Crippen LogP) is 4.68. The van der Waals surface area contributed by atoms with Crippen molar-refractivity contribution in [2.24, 2.45) is 0 Å². The molecule has 0 unspecified atom stereocenters. The molecule has 0 radical (unpaired) electrons. The number of methoxy groups -OCH3 is 2. The molecule has 192 valence electrons. The van der Waals surface area contributed by atoms with Crippen molar-refractivity contribution in [3.8, 4) is 0 Å². The Morgan fingerprint density at radius 1 is 1.11 bits per heavy atom. The molecule has 2 aromatic heterocycles. The molecule has 4 atom stereocenters. The van der Waals surface area contributed by atoms with E-state index in [0.717, 1.165) is 23.0 Å². The van der Waals surface area contributed by atoms with Gasteiger partial charge in [-0.2, -0.15) is 4.98 Å². The second-order valence-corrected chi connectivity index (χ2v) is 9.88. The highest BCUT2D eigenvalue weighted by molar-refractivity contribution is 5.98. The minimum absolute atomic E-state index is 0.0438. The molecule has 1 aromatic carbocycles. The van der Waals surface area contributed by atoms with Crippen molar-refractivity contribution in [2.45, 2.75) is 57.5 Å². The van der Waals surface area contributed by atoms with Crippen LogP contribution >= 0.6 is 0 Å². The van der Waals surface area contributed by atoms with Gasteiger partial charge in [0.05, 0.1) is 28.9 Å². The van der Waals surface area contributed by atoms with E-state index in [1.54, 1.807) is 24.3 Å². The van der Waals surface area contributed by atoms with Crippen LogP contribution in [0.4, 0.5) is 27.7 Å². The molecule has 2 fully saturated rings. The number of halogens is 1. The van der Waals surface area contributed by atoms with Crippen LogP contribution < -0.4 is 15.1 Å². The Hall–Kier alpha value is -3.04. The van der Waals surface area contributed by atoms with E-state index in [4.69, 9.17) is 18.6 Å². The summed E-state index contributed by atoms with van der Waals surface area (Å²) in [6, 6.07) is 8.43. The number of pyridine rings is 1. The lowest BCUT2D eigenvalue weighted by atomic mass is 9.93. The SMILES string of the molecule is [2H]C([2H])([2H])O[C@@H]1CCN(c2nccc(Nc3cc4c(C(C)C)ccc(N5C[C@H](OC)[C@H]5C)c4cn3)n2)C[C@@H]1F. The van der Waals surface area contributed by atoms with Crippen LogP contribution in [-0.4, -0.2) is 73.2 Å². The summed E-state index contributed by atoms with van der Waals surface area (Å²) >= 11 is 0. The first-order valence-electron chi connectivity index (χ1n) is 13.9. The highest BCUT2D eigenvalue weighted by atomic mass is 19.1. The maximum atomic E-state index is 14.7. The van der Waals surface area contributed by atoms with E-state index in [1.807, 2.05) is 12.3 Å². The standard InChI is InChI=1S/C27H35FN6O2/c1-16(2)18-6-7-22(34-15-24(36-5)17(34)3)20-13-30-26(12-19(18)20)31-25-8-10-29-27(32-25)33-11-9-23(35-4)21(28)14-33/h6-8,10,12-13,16-17,21,23-24H,9,11,14-15H2,1-5H3,(H,29,30,31,32)/t17-,21+,23-,24+/m1/s1/i4D3. The number of piperidine rings is 1. The Bertz CT molecular complexity index is 1330. The van der Waals surface area contributed by atoms with Gasteiger partial charge in [0.15, 0.2) is 0 Å². The number of alkyl halides is 1. The minimum Gasteiger partial charge on any atom is -0.378 e. The molecule has 0 spiro atoms. The fourth-order valence-corrected chi connectivity index (χ4v) is 5.13. The summed E-state index contributed by atoms with van der Waals surface area (Å²) in [4.78, 5) is 17.6. The summed E-state index contributed by atoms with van der Waals surface area (Å²) in [7, 11) is -0.871. The number of aromatic nitrogens is 3. The van der Waals surface area contributed by atoms with Crippen LogP contribution in [0.1, 0.15) is 42.8 Å². The van der Waals surface area contributed by atoms with Gasteiger partial charge < -0.3 is 24.6 Å². The van der Waals surface area contributed by atoms with Crippen LogP contribution in [0.2, 0.25) is 0 Å². The van der Waals surface area contributed by atoms with Crippen molar-refractivity contribution in [3.63, 3.8) is 0 Å². The number of hydrogen-bond donors (Lipinski definition) is 1. The summed E-state index contributed by atoms with van der Waals surface area (Å²) in [5.74, 6) is 1.87. The molecule has 1 N–H and O–H groups in total.